The van der Waals surface area contributed by atoms with E-state index >= 15 is 0 Å². The first-order chi connectivity index (χ1) is 16.6. The lowest BCUT2D eigenvalue weighted by atomic mass is 10.1. The molecule has 0 radical (unpaired) electrons. The van der Waals surface area contributed by atoms with Gasteiger partial charge in [-0.2, -0.15) is 0 Å². The van der Waals surface area contributed by atoms with Gasteiger partial charge >= 0.3 is 5.97 Å². The fraction of sp³-hybridized carbons (Fsp3) is 0.120. The molecule has 0 spiro atoms. The van der Waals surface area contributed by atoms with Crippen LogP contribution in [0.4, 0.5) is 5.69 Å². The summed E-state index contributed by atoms with van der Waals surface area (Å²) in [7, 11) is 1.29. The molecule has 0 atom stereocenters. The van der Waals surface area contributed by atoms with Crippen molar-refractivity contribution in [3.8, 4) is 5.75 Å². The molecule has 0 saturated carbocycles. The van der Waals surface area contributed by atoms with Crippen molar-refractivity contribution in [1.82, 2.24) is 0 Å². The van der Waals surface area contributed by atoms with E-state index < -0.39 is 24.4 Å². The maximum atomic E-state index is 12.9. The van der Waals surface area contributed by atoms with Gasteiger partial charge in [0.1, 0.15) is 11.3 Å². The van der Waals surface area contributed by atoms with Gasteiger partial charge in [0.15, 0.2) is 12.4 Å². The molecule has 0 unspecified atom stereocenters. The molecular weight excluding hydrogens is 517 g/mol. The van der Waals surface area contributed by atoms with E-state index in [9.17, 15) is 19.2 Å². The summed E-state index contributed by atoms with van der Waals surface area (Å²) in [6.45, 7) is 1.39. The number of fused-ring (bicyclic) bond motifs is 1. The molecule has 10 heteroatoms. The van der Waals surface area contributed by atoms with Crippen LogP contribution in [-0.4, -0.2) is 37.3 Å². The summed E-state index contributed by atoms with van der Waals surface area (Å²) in [6, 6.07) is 11.9. The summed E-state index contributed by atoms with van der Waals surface area (Å²) >= 11 is 18.4. The molecule has 0 N–H and O–H groups in total. The number of amides is 2. The second-order valence-electron chi connectivity index (χ2n) is 7.63. The first-order valence-electron chi connectivity index (χ1n) is 10.1. The second kappa shape index (κ2) is 9.70. The number of hydrogen-bond acceptors (Lipinski definition) is 6. The largest absolute Gasteiger partial charge is 0.496 e. The quantitative estimate of drug-likeness (QED) is 0.226. The van der Waals surface area contributed by atoms with Crippen molar-refractivity contribution in [1.29, 1.82) is 0 Å². The molecule has 0 saturated heterocycles. The van der Waals surface area contributed by atoms with Crippen LogP contribution in [-0.2, 0) is 4.74 Å². The molecule has 0 aromatic heterocycles. The lowest BCUT2D eigenvalue weighted by Crippen LogP contribution is -2.29. The van der Waals surface area contributed by atoms with Gasteiger partial charge in [0.2, 0.25) is 0 Å². The molecule has 4 rings (SSSR count). The fourth-order valence-electron chi connectivity index (χ4n) is 3.53. The maximum Gasteiger partial charge on any atom is 0.342 e. The zero-order chi connectivity index (χ0) is 25.4. The zero-order valence-corrected chi connectivity index (χ0v) is 20.6. The van der Waals surface area contributed by atoms with Crippen molar-refractivity contribution >= 4 is 64.1 Å². The van der Waals surface area contributed by atoms with Crippen LogP contribution in [0.5, 0.6) is 5.75 Å². The van der Waals surface area contributed by atoms with E-state index in [1.54, 1.807) is 24.3 Å². The normalized spacial score (nSPS) is 12.5. The highest BCUT2D eigenvalue weighted by Gasteiger charge is 2.39. The van der Waals surface area contributed by atoms with Crippen LogP contribution >= 0.6 is 34.8 Å². The number of benzene rings is 3. The summed E-state index contributed by atoms with van der Waals surface area (Å²) in [5, 5.41) is 0.153. The molecule has 178 valence electrons. The number of hydrogen-bond donors (Lipinski definition) is 0. The number of methoxy groups -OCH3 is 1. The number of ether oxygens (including phenoxy) is 2. The molecule has 1 heterocycles. The predicted molar refractivity (Wildman–Crippen MR) is 131 cm³/mol. The van der Waals surface area contributed by atoms with Gasteiger partial charge in [-0.15, -0.1) is 0 Å². The van der Waals surface area contributed by atoms with E-state index in [0.717, 1.165) is 10.5 Å². The van der Waals surface area contributed by atoms with Crippen molar-refractivity contribution < 1.29 is 28.7 Å². The first kappa shape index (κ1) is 24.7. The second-order valence-corrected chi connectivity index (χ2v) is 8.85. The number of nitrogens with zero attached hydrogens (tertiary/aromatic N) is 1. The number of carbonyl (C=O) groups excluding carboxylic acids is 4. The lowest BCUT2D eigenvalue weighted by Gasteiger charge is -2.18. The van der Waals surface area contributed by atoms with Crippen LogP contribution < -0.4 is 9.64 Å². The average molecular weight is 533 g/mol. The molecule has 2 amide bonds. The third-order valence-corrected chi connectivity index (χ3v) is 6.39. The standard InChI is InChI=1S/C25H16Cl3NO6/c1-12-3-5-13(6-4-12)21(30)11-35-25(33)16-9-19(28)20(10-22(16)34-2)29-23(31)14-7-17(26)18(27)8-15(14)24(29)32/h3-10H,11H2,1-2H3. The van der Waals surface area contributed by atoms with Crippen molar-refractivity contribution in [3.05, 3.63) is 91.4 Å². The van der Waals surface area contributed by atoms with Crippen LogP contribution in [0, 0.1) is 6.92 Å². The summed E-state index contributed by atoms with van der Waals surface area (Å²) < 4.78 is 10.4. The third-order valence-electron chi connectivity index (χ3n) is 5.37. The minimum atomic E-state index is -0.864. The van der Waals surface area contributed by atoms with Gasteiger partial charge in [-0.1, -0.05) is 64.6 Å². The lowest BCUT2D eigenvalue weighted by molar-refractivity contribution is 0.0471. The summed E-state index contributed by atoms with van der Waals surface area (Å²) in [5.74, 6) is -2.58. The Balaban J connectivity index is 1.59. The Kier molecular flexibility index (Phi) is 6.85. The van der Waals surface area contributed by atoms with E-state index in [-0.39, 0.29) is 49.0 Å². The SMILES string of the molecule is COc1cc(N2C(=O)c3cc(Cl)c(Cl)cc3C2=O)c(Cl)cc1C(=O)OCC(=O)c1ccc(C)cc1. The minimum absolute atomic E-state index is 0.00533. The number of aryl methyl sites for hydroxylation is 1. The number of Topliss-reactive ketones (excluding diaryl/α,β-unsaturated/α-hetero) is 1. The van der Waals surface area contributed by atoms with Gasteiger partial charge in [0, 0.05) is 11.6 Å². The van der Waals surface area contributed by atoms with Gasteiger partial charge < -0.3 is 9.47 Å². The molecule has 0 fully saturated rings. The molecule has 35 heavy (non-hydrogen) atoms. The van der Waals surface area contributed by atoms with Gasteiger partial charge in [0.05, 0.1) is 39.0 Å². The van der Waals surface area contributed by atoms with Crippen LogP contribution in [0.1, 0.15) is 47.0 Å². The highest BCUT2D eigenvalue weighted by molar-refractivity contribution is 6.45. The minimum Gasteiger partial charge on any atom is -0.496 e. The van der Waals surface area contributed by atoms with Crippen LogP contribution in [0.15, 0.2) is 48.5 Å². The predicted octanol–water partition coefficient (Wildman–Crippen LogP) is 5.80. The molecular formula is C25H16Cl3NO6. The van der Waals surface area contributed by atoms with Crippen LogP contribution in [0.2, 0.25) is 15.1 Å². The van der Waals surface area contributed by atoms with Crippen LogP contribution in [0.25, 0.3) is 0 Å². The number of carbonyl (C=O) groups is 4. The molecule has 7 nitrogen and oxygen atoms in total. The van der Waals surface area contributed by atoms with Gasteiger partial charge in [0.25, 0.3) is 11.8 Å². The van der Waals surface area contributed by atoms with Gasteiger partial charge in [-0.25, -0.2) is 9.69 Å². The van der Waals surface area contributed by atoms with Crippen molar-refractivity contribution in [3.63, 3.8) is 0 Å². The van der Waals surface area contributed by atoms with Crippen molar-refractivity contribution in [2.45, 2.75) is 6.92 Å². The van der Waals surface area contributed by atoms with Gasteiger partial charge in [-0.05, 0) is 25.1 Å². The average Bonchev–Trinajstić information content (AvgIpc) is 3.07. The number of imide groups is 1. The van der Waals surface area contributed by atoms with E-state index in [1.807, 2.05) is 6.92 Å². The highest BCUT2D eigenvalue weighted by atomic mass is 35.5. The van der Waals surface area contributed by atoms with Crippen molar-refractivity contribution in [2.75, 3.05) is 18.6 Å². The number of halogens is 3. The Morgan fingerprint density at radius 3 is 1.97 bits per heavy atom. The van der Waals surface area contributed by atoms with Gasteiger partial charge in [-0.3, -0.25) is 14.4 Å². The van der Waals surface area contributed by atoms with Crippen molar-refractivity contribution in [2.24, 2.45) is 0 Å². The highest BCUT2D eigenvalue weighted by Crippen LogP contribution is 2.39. The number of esters is 1. The Morgan fingerprint density at radius 1 is 0.857 bits per heavy atom. The topological polar surface area (TPSA) is 90.0 Å². The third kappa shape index (κ3) is 4.62. The van der Waals surface area contributed by atoms with E-state index in [1.165, 1.54) is 31.4 Å². The maximum absolute atomic E-state index is 12.9. The van der Waals surface area contributed by atoms with E-state index in [4.69, 9.17) is 44.3 Å². The smallest absolute Gasteiger partial charge is 0.342 e. The zero-order valence-electron chi connectivity index (χ0n) is 18.4. The fourth-order valence-corrected chi connectivity index (χ4v) is 4.10. The van der Waals surface area contributed by atoms with E-state index in [2.05, 4.69) is 0 Å². The summed E-state index contributed by atoms with van der Waals surface area (Å²) in [5.41, 5.74) is 1.43. The Morgan fingerprint density at radius 2 is 1.43 bits per heavy atom. The number of anilines is 1. The molecule has 0 aliphatic carbocycles. The Labute approximate surface area is 215 Å². The molecule has 1 aliphatic rings. The number of rotatable bonds is 6. The van der Waals surface area contributed by atoms with E-state index in [0.29, 0.717) is 5.56 Å². The molecule has 3 aromatic rings. The molecule has 3 aromatic carbocycles. The molecule has 0 bridgehead atoms. The Bertz CT molecular complexity index is 1360. The summed E-state index contributed by atoms with van der Waals surface area (Å²) in [6.07, 6.45) is 0. The summed E-state index contributed by atoms with van der Waals surface area (Å²) in [4.78, 5) is 51.8. The monoisotopic (exact) mass is 531 g/mol. The number of ketones is 1. The molecule has 1 aliphatic heterocycles. The Hall–Kier alpha value is -3.39. The van der Waals surface area contributed by atoms with Crippen LogP contribution in [0.3, 0.4) is 0 Å². The first-order valence-corrected chi connectivity index (χ1v) is 11.3.